The minimum absolute atomic E-state index is 0.0163. The standard InChI is InChI=1S/C30H30N4O5S/c1-30(2,3)39-29(36)33-13-11-32(12-14-33)24-10-9-21-15-23(19-31-25(21)18-24)26(35)16-22-17-27(40-28(22)34(37)38)20-7-5-4-6-8-20/h4-10,15,17-19H,11-14,16H2,1-3H3. The van der Waals surface area contributed by atoms with Gasteiger partial charge in [0.05, 0.1) is 16.0 Å². The van der Waals surface area contributed by atoms with E-state index < -0.39 is 10.5 Å². The number of nitrogens with zero attached hydrogens (tertiary/aromatic N) is 4. The number of piperazine rings is 1. The molecule has 1 aliphatic heterocycles. The third-order valence-electron chi connectivity index (χ3n) is 6.65. The third kappa shape index (κ3) is 6.12. The van der Waals surface area contributed by atoms with Gasteiger partial charge in [-0.3, -0.25) is 19.9 Å². The van der Waals surface area contributed by atoms with Crippen LogP contribution >= 0.6 is 11.3 Å². The number of hydrogen-bond acceptors (Lipinski definition) is 8. The molecule has 5 rings (SSSR count). The molecular formula is C30H30N4O5S. The van der Waals surface area contributed by atoms with Crippen LogP contribution in [-0.4, -0.2) is 58.5 Å². The first-order valence-electron chi connectivity index (χ1n) is 13.1. The van der Waals surface area contributed by atoms with Crippen LogP contribution in [0, 0.1) is 10.1 Å². The van der Waals surface area contributed by atoms with E-state index in [-0.39, 0.29) is 23.3 Å². The van der Waals surface area contributed by atoms with Gasteiger partial charge in [-0.1, -0.05) is 47.7 Å². The van der Waals surface area contributed by atoms with Gasteiger partial charge < -0.3 is 14.5 Å². The second-order valence-electron chi connectivity index (χ2n) is 10.7. The Kier molecular flexibility index (Phi) is 7.53. The van der Waals surface area contributed by atoms with Gasteiger partial charge in [0, 0.05) is 60.3 Å². The SMILES string of the molecule is CC(C)(C)OC(=O)N1CCN(c2ccc3cc(C(=O)Cc4cc(-c5ccccc5)sc4[N+](=O)[O-])cnc3c2)CC1. The van der Waals surface area contributed by atoms with Crippen molar-refractivity contribution in [2.24, 2.45) is 0 Å². The predicted molar refractivity (Wildman–Crippen MR) is 156 cm³/mol. The van der Waals surface area contributed by atoms with E-state index in [1.54, 1.807) is 17.0 Å². The van der Waals surface area contributed by atoms with E-state index in [0.717, 1.165) is 38.4 Å². The lowest BCUT2D eigenvalue weighted by molar-refractivity contribution is -0.380. The summed E-state index contributed by atoms with van der Waals surface area (Å²) < 4.78 is 5.48. The molecule has 40 heavy (non-hydrogen) atoms. The van der Waals surface area contributed by atoms with Gasteiger partial charge >= 0.3 is 11.1 Å². The van der Waals surface area contributed by atoms with Crippen molar-refractivity contribution in [2.45, 2.75) is 32.8 Å². The molecule has 9 nitrogen and oxygen atoms in total. The van der Waals surface area contributed by atoms with E-state index in [1.165, 1.54) is 6.20 Å². The van der Waals surface area contributed by atoms with Crippen LogP contribution in [0.5, 0.6) is 0 Å². The number of Topliss-reactive ketones (excluding diaryl/α,β-unsaturated/α-hetero) is 1. The Morgan fingerprint density at radius 1 is 1.02 bits per heavy atom. The highest BCUT2D eigenvalue weighted by Gasteiger charge is 2.26. The molecule has 1 amide bonds. The zero-order valence-corrected chi connectivity index (χ0v) is 23.4. The molecular weight excluding hydrogens is 528 g/mol. The van der Waals surface area contributed by atoms with Gasteiger partial charge in [-0.15, -0.1) is 0 Å². The summed E-state index contributed by atoms with van der Waals surface area (Å²) >= 11 is 1.08. The Balaban J connectivity index is 1.28. The smallest absolute Gasteiger partial charge is 0.410 e. The van der Waals surface area contributed by atoms with E-state index in [0.29, 0.717) is 37.3 Å². The average molecular weight is 559 g/mol. The fraction of sp³-hybridized carbons (Fsp3) is 0.300. The number of amides is 1. The summed E-state index contributed by atoms with van der Waals surface area (Å²) in [6.07, 6.45) is 1.16. The molecule has 1 aliphatic rings. The number of rotatable bonds is 6. The van der Waals surface area contributed by atoms with Crippen molar-refractivity contribution in [3.63, 3.8) is 0 Å². The quantitative estimate of drug-likeness (QED) is 0.154. The summed E-state index contributed by atoms with van der Waals surface area (Å²) in [7, 11) is 0. The summed E-state index contributed by atoms with van der Waals surface area (Å²) in [6, 6.07) is 18.8. The number of ether oxygens (including phenoxy) is 1. The lowest BCUT2D eigenvalue weighted by atomic mass is 10.0. The van der Waals surface area contributed by atoms with Crippen molar-refractivity contribution in [3.05, 3.63) is 88.1 Å². The Bertz CT molecular complexity index is 1570. The normalized spacial score (nSPS) is 13.9. The molecule has 0 unspecified atom stereocenters. The van der Waals surface area contributed by atoms with Crippen molar-refractivity contribution < 1.29 is 19.2 Å². The van der Waals surface area contributed by atoms with Gasteiger partial charge in [-0.25, -0.2) is 4.79 Å². The second kappa shape index (κ2) is 11.1. The molecule has 0 aliphatic carbocycles. The molecule has 1 saturated heterocycles. The minimum Gasteiger partial charge on any atom is -0.444 e. The molecule has 0 saturated carbocycles. The first kappa shape index (κ1) is 27.3. The van der Waals surface area contributed by atoms with E-state index in [9.17, 15) is 19.7 Å². The van der Waals surface area contributed by atoms with Gasteiger partial charge in [0.1, 0.15) is 5.60 Å². The molecule has 2 aromatic heterocycles. The van der Waals surface area contributed by atoms with Crippen LogP contribution in [0.2, 0.25) is 0 Å². The van der Waals surface area contributed by atoms with Crippen LogP contribution in [0.1, 0.15) is 36.7 Å². The molecule has 4 aromatic rings. The predicted octanol–water partition coefficient (Wildman–Crippen LogP) is 6.35. The molecule has 0 bridgehead atoms. The van der Waals surface area contributed by atoms with Gasteiger partial charge in [0.25, 0.3) is 0 Å². The van der Waals surface area contributed by atoms with Crippen LogP contribution in [-0.2, 0) is 11.2 Å². The van der Waals surface area contributed by atoms with Crippen LogP contribution in [0.4, 0.5) is 15.5 Å². The topological polar surface area (TPSA) is 106 Å². The number of nitro groups is 1. The van der Waals surface area contributed by atoms with Crippen LogP contribution in [0.3, 0.4) is 0 Å². The maximum Gasteiger partial charge on any atom is 0.410 e. The third-order valence-corrected chi connectivity index (χ3v) is 7.83. The largest absolute Gasteiger partial charge is 0.444 e. The molecule has 0 atom stereocenters. The van der Waals surface area contributed by atoms with Gasteiger partial charge in [-0.05, 0) is 50.6 Å². The minimum atomic E-state index is -0.526. The summed E-state index contributed by atoms with van der Waals surface area (Å²) in [5.41, 5.74) is 2.90. The Morgan fingerprint density at radius 3 is 2.42 bits per heavy atom. The summed E-state index contributed by atoms with van der Waals surface area (Å²) in [5.74, 6) is -0.225. The molecule has 10 heteroatoms. The summed E-state index contributed by atoms with van der Waals surface area (Å²) in [4.78, 5) is 46.0. The lowest BCUT2D eigenvalue weighted by Crippen LogP contribution is -2.50. The molecule has 0 spiro atoms. The van der Waals surface area contributed by atoms with E-state index in [2.05, 4.69) is 9.88 Å². The number of carbonyl (C=O) groups excluding carboxylic acids is 2. The van der Waals surface area contributed by atoms with Crippen molar-refractivity contribution in [1.82, 2.24) is 9.88 Å². The van der Waals surface area contributed by atoms with Crippen molar-refractivity contribution in [2.75, 3.05) is 31.1 Å². The molecule has 2 aromatic carbocycles. The fourth-order valence-corrected chi connectivity index (χ4v) is 5.65. The van der Waals surface area contributed by atoms with Gasteiger partial charge in [-0.2, -0.15) is 0 Å². The Morgan fingerprint density at radius 2 is 1.75 bits per heavy atom. The summed E-state index contributed by atoms with van der Waals surface area (Å²) in [5, 5.41) is 12.5. The molecule has 0 N–H and O–H groups in total. The molecule has 206 valence electrons. The van der Waals surface area contributed by atoms with Crippen molar-refractivity contribution in [1.29, 1.82) is 0 Å². The maximum atomic E-state index is 13.2. The van der Waals surface area contributed by atoms with Crippen LogP contribution < -0.4 is 4.90 Å². The Labute approximate surface area is 236 Å². The van der Waals surface area contributed by atoms with Crippen molar-refractivity contribution in [3.8, 4) is 10.4 Å². The first-order valence-corrected chi connectivity index (χ1v) is 13.9. The zero-order valence-electron chi connectivity index (χ0n) is 22.6. The highest BCUT2D eigenvalue weighted by molar-refractivity contribution is 7.18. The first-order chi connectivity index (χ1) is 19.1. The number of hydrogen-bond donors (Lipinski definition) is 0. The maximum absolute atomic E-state index is 13.2. The number of fused-ring (bicyclic) bond motifs is 1. The van der Waals surface area contributed by atoms with Gasteiger partial charge in [0.2, 0.25) is 0 Å². The number of thiophene rings is 1. The average Bonchev–Trinajstić information content (AvgIpc) is 3.36. The number of anilines is 1. The highest BCUT2D eigenvalue weighted by atomic mass is 32.1. The lowest BCUT2D eigenvalue weighted by Gasteiger charge is -2.36. The van der Waals surface area contributed by atoms with E-state index >= 15 is 0 Å². The number of pyridine rings is 1. The van der Waals surface area contributed by atoms with Crippen molar-refractivity contribution >= 4 is 44.8 Å². The number of carbonyl (C=O) groups is 2. The molecule has 3 heterocycles. The molecule has 0 radical (unpaired) electrons. The van der Waals surface area contributed by atoms with Gasteiger partial charge in [0.15, 0.2) is 5.78 Å². The highest BCUT2D eigenvalue weighted by Crippen LogP contribution is 2.37. The number of benzene rings is 2. The van der Waals surface area contributed by atoms with Crippen LogP contribution in [0.25, 0.3) is 21.3 Å². The molecule has 1 fully saturated rings. The van der Waals surface area contributed by atoms with Crippen LogP contribution in [0.15, 0.2) is 66.9 Å². The Hall–Kier alpha value is -4.31. The van der Waals surface area contributed by atoms with E-state index in [1.807, 2.05) is 69.3 Å². The fourth-order valence-electron chi connectivity index (χ4n) is 4.65. The number of aromatic nitrogens is 1. The summed E-state index contributed by atoms with van der Waals surface area (Å²) in [6.45, 7) is 8.04. The monoisotopic (exact) mass is 558 g/mol. The van der Waals surface area contributed by atoms with E-state index in [4.69, 9.17) is 4.74 Å². The zero-order chi connectivity index (χ0) is 28.4. The number of ketones is 1. The second-order valence-corrected chi connectivity index (χ2v) is 11.8.